The van der Waals surface area contributed by atoms with Crippen molar-refractivity contribution in [1.29, 1.82) is 0 Å². The maximum atomic E-state index is 12.0. The third kappa shape index (κ3) is 3.92. The van der Waals surface area contributed by atoms with Gasteiger partial charge < -0.3 is 14.5 Å². The van der Waals surface area contributed by atoms with Gasteiger partial charge in [-0.2, -0.15) is 0 Å². The maximum absolute atomic E-state index is 12.0. The van der Waals surface area contributed by atoms with E-state index in [1.54, 1.807) is 14.0 Å². The number of rotatable bonds is 5. The van der Waals surface area contributed by atoms with E-state index in [-0.39, 0.29) is 5.91 Å². The van der Waals surface area contributed by atoms with Crippen molar-refractivity contribution in [2.75, 3.05) is 31.6 Å². The lowest BCUT2D eigenvalue weighted by Gasteiger charge is -2.44. The number of amides is 1. The molecule has 1 amide bonds. The predicted molar refractivity (Wildman–Crippen MR) is 97.3 cm³/mol. The zero-order valence-corrected chi connectivity index (χ0v) is 15.2. The first kappa shape index (κ1) is 17.3. The molecule has 3 rings (SSSR count). The number of piperidine rings is 1. The molecule has 0 bridgehead atoms. The monoisotopic (exact) mass is 330 g/mol. The molecule has 1 aliphatic carbocycles. The van der Waals surface area contributed by atoms with Gasteiger partial charge in [-0.15, -0.1) is 0 Å². The van der Waals surface area contributed by atoms with Crippen LogP contribution in [0.15, 0.2) is 24.3 Å². The van der Waals surface area contributed by atoms with Crippen molar-refractivity contribution in [2.45, 2.75) is 51.7 Å². The van der Waals surface area contributed by atoms with Crippen molar-refractivity contribution in [3.05, 3.63) is 29.8 Å². The van der Waals surface area contributed by atoms with Crippen molar-refractivity contribution >= 4 is 11.6 Å². The zero-order chi connectivity index (χ0) is 17.1. The molecule has 4 nitrogen and oxygen atoms in total. The number of aryl methyl sites for hydroxylation is 1. The van der Waals surface area contributed by atoms with Crippen LogP contribution in [0.1, 0.15) is 38.2 Å². The molecule has 0 N–H and O–H groups in total. The molecule has 2 aliphatic rings. The van der Waals surface area contributed by atoms with E-state index >= 15 is 0 Å². The van der Waals surface area contributed by atoms with Crippen LogP contribution in [0.2, 0.25) is 0 Å². The number of carbonyl (C=O) groups is 1. The number of nitrogens with zero attached hydrogens (tertiary/aromatic N) is 2. The van der Waals surface area contributed by atoms with E-state index in [0.717, 1.165) is 45.3 Å². The van der Waals surface area contributed by atoms with Gasteiger partial charge in [-0.3, -0.25) is 4.79 Å². The number of benzene rings is 1. The summed E-state index contributed by atoms with van der Waals surface area (Å²) in [5, 5.41) is 0. The van der Waals surface area contributed by atoms with Crippen LogP contribution in [0.4, 0.5) is 5.69 Å². The molecule has 0 aromatic heterocycles. The minimum absolute atomic E-state index is 0.218. The van der Waals surface area contributed by atoms with Crippen molar-refractivity contribution in [2.24, 2.45) is 5.92 Å². The zero-order valence-electron chi connectivity index (χ0n) is 15.2. The molecule has 132 valence electrons. The topological polar surface area (TPSA) is 32.8 Å². The van der Waals surface area contributed by atoms with E-state index in [1.807, 2.05) is 0 Å². The Bertz CT molecular complexity index is 543. The van der Waals surface area contributed by atoms with E-state index in [2.05, 4.69) is 41.0 Å². The molecule has 1 heterocycles. The molecule has 1 saturated heterocycles. The van der Waals surface area contributed by atoms with E-state index in [4.69, 9.17) is 4.74 Å². The van der Waals surface area contributed by atoms with Crippen LogP contribution in [0, 0.1) is 12.8 Å². The smallest absolute Gasteiger partial charge is 0.219 e. The Kier molecular flexibility index (Phi) is 5.44. The van der Waals surface area contributed by atoms with Crippen molar-refractivity contribution < 1.29 is 9.53 Å². The summed E-state index contributed by atoms with van der Waals surface area (Å²) in [6.07, 6.45) is 4.67. The normalized spacial score (nSPS) is 24.5. The molecular formula is C20H30N2O2. The molecule has 0 atom stereocenters. The summed E-state index contributed by atoms with van der Waals surface area (Å²) in [5.74, 6) is 0.840. The van der Waals surface area contributed by atoms with Crippen molar-refractivity contribution in [3.63, 3.8) is 0 Å². The molecule has 1 aromatic carbocycles. The second-order valence-electron chi connectivity index (χ2n) is 7.42. The lowest BCUT2D eigenvalue weighted by atomic mass is 9.86. The fraction of sp³-hybridized carbons (Fsp3) is 0.650. The summed E-state index contributed by atoms with van der Waals surface area (Å²) in [7, 11) is 1.76. The van der Waals surface area contributed by atoms with E-state index in [1.165, 1.54) is 11.3 Å². The van der Waals surface area contributed by atoms with E-state index < -0.39 is 0 Å². The molecule has 24 heavy (non-hydrogen) atoms. The van der Waals surface area contributed by atoms with Crippen LogP contribution in [-0.2, 0) is 9.53 Å². The Morgan fingerprint density at radius 1 is 1.21 bits per heavy atom. The van der Waals surface area contributed by atoms with Crippen molar-refractivity contribution in [3.8, 4) is 0 Å². The number of ether oxygens (including phenoxy) is 1. The highest BCUT2D eigenvalue weighted by Crippen LogP contribution is 2.31. The minimum Gasteiger partial charge on any atom is -0.381 e. The Hall–Kier alpha value is -1.55. The summed E-state index contributed by atoms with van der Waals surface area (Å²) in [6.45, 7) is 6.93. The van der Waals surface area contributed by atoms with Crippen LogP contribution >= 0.6 is 0 Å². The van der Waals surface area contributed by atoms with E-state index in [0.29, 0.717) is 18.1 Å². The number of hydrogen-bond acceptors (Lipinski definition) is 3. The van der Waals surface area contributed by atoms with Crippen LogP contribution in [0.25, 0.3) is 0 Å². The molecule has 0 radical (unpaired) electrons. The van der Waals surface area contributed by atoms with Gasteiger partial charge in [0.1, 0.15) is 0 Å². The van der Waals surface area contributed by atoms with Crippen LogP contribution < -0.4 is 4.90 Å². The van der Waals surface area contributed by atoms with Crippen LogP contribution in [0.5, 0.6) is 0 Å². The average Bonchev–Trinajstić information content (AvgIpc) is 2.54. The lowest BCUT2D eigenvalue weighted by molar-refractivity contribution is -0.137. The first-order chi connectivity index (χ1) is 11.6. The van der Waals surface area contributed by atoms with Crippen LogP contribution in [-0.4, -0.2) is 49.7 Å². The average molecular weight is 330 g/mol. The van der Waals surface area contributed by atoms with Gasteiger partial charge in [-0.1, -0.05) is 17.7 Å². The second-order valence-corrected chi connectivity index (χ2v) is 7.42. The molecule has 0 unspecified atom stereocenters. The summed E-state index contributed by atoms with van der Waals surface area (Å²) in [6, 6.07) is 9.19. The van der Waals surface area contributed by atoms with Gasteiger partial charge in [0.05, 0.1) is 6.10 Å². The second kappa shape index (κ2) is 7.56. The quantitative estimate of drug-likeness (QED) is 0.831. The Morgan fingerprint density at radius 2 is 1.83 bits per heavy atom. The Balaban J connectivity index is 1.50. The Morgan fingerprint density at radius 3 is 2.38 bits per heavy atom. The first-order valence-electron chi connectivity index (χ1n) is 9.18. The van der Waals surface area contributed by atoms with Gasteiger partial charge in [0.25, 0.3) is 0 Å². The summed E-state index contributed by atoms with van der Waals surface area (Å²) in [5.41, 5.74) is 2.63. The third-order valence-electron chi connectivity index (χ3n) is 5.72. The lowest BCUT2D eigenvalue weighted by Crippen LogP contribution is -2.52. The summed E-state index contributed by atoms with van der Waals surface area (Å²) < 4.78 is 5.36. The predicted octanol–water partition coefficient (Wildman–Crippen LogP) is 3.24. The van der Waals surface area contributed by atoms with Crippen molar-refractivity contribution in [1.82, 2.24) is 4.90 Å². The number of methoxy groups -OCH3 is 1. The van der Waals surface area contributed by atoms with Crippen LogP contribution in [0.3, 0.4) is 0 Å². The fourth-order valence-corrected chi connectivity index (χ4v) is 3.93. The van der Waals surface area contributed by atoms with Gasteiger partial charge in [-0.25, -0.2) is 0 Å². The third-order valence-corrected chi connectivity index (χ3v) is 5.72. The molecule has 4 heteroatoms. The first-order valence-corrected chi connectivity index (χ1v) is 9.18. The summed E-state index contributed by atoms with van der Waals surface area (Å²) in [4.78, 5) is 16.6. The highest BCUT2D eigenvalue weighted by molar-refractivity contribution is 5.73. The molecule has 2 fully saturated rings. The van der Waals surface area contributed by atoms with Gasteiger partial charge in [-0.05, 0) is 50.7 Å². The Labute approximate surface area is 145 Å². The largest absolute Gasteiger partial charge is 0.381 e. The van der Waals surface area contributed by atoms with Gasteiger partial charge in [0.15, 0.2) is 0 Å². The highest BCUT2D eigenvalue weighted by atomic mass is 16.5. The fourth-order valence-electron chi connectivity index (χ4n) is 3.93. The van der Waals surface area contributed by atoms with Gasteiger partial charge in [0, 0.05) is 45.4 Å². The van der Waals surface area contributed by atoms with E-state index in [9.17, 15) is 4.79 Å². The number of hydrogen-bond donors (Lipinski definition) is 0. The summed E-state index contributed by atoms with van der Waals surface area (Å²) >= 11 is 0. The highest BCUT2D eigenvalue weighted by Gasteiger charge is 2.36. The number of anilines is 1. The molecule has 1 aromatic rings. The minimum atomic E-state index is 0.218. The maximum Gasteiger partial charge on any atom is 0.219 e. The molecule has 0 spiro atoms. The SMILES string of the molecule is COC1CC(N(CC2CCN(c3ccc(C)cc3)CC2)C(C)=O)C1. The number of carbonyl (C=O) groups excluding carboxylic acids is 1. The molecule has 1 aliphatic heterocycles. The molecule has 1 saturated carbocycles. The van der Waals surface area contributed by atoms with Gasteiger partial charge >= 0.3 is 0 Å². The molecular weight excluding hydrogens is 300 g/mol. The standard InChI is InChI=1S/C20H30N2O2/c1-15-4-6-18(7-5-15)21-10-8-17(9-11-21)14-22(16(2)23)19-12-20(13-19)24-3/h4-7,17,19-20H,8-14H2,1-3H3. The van der Waals surface area contributed by atoms with Gasteiger partial charge in [0.2, 0.25) is 5.91 Å².